The largest absolute Gasteiger partial charge is 0.480 e. The number of thioether (sulfide) groups is 2. The van der Waals surface area contributed by atoms with Gasteiger partial charge in [0.05, 0.1) is 11.6 Å². The third-order valence-electron chi connectivity index (χ3n) is 3.29. The highest BCUT2D eigenvalue weighted by Gasteiger charge is 2.41. The fraction of sp³-hybridized carbons (Fsp3) is 0.727. The molecule has 0 aromatic rings. The monoisotopic (exact) mass is 304 g/mol. The zero-order valence-corrected chi connectivity index (χ0v) is 12.0. The van der Waals surface area contributed by atoms with Crippen LogP contribution in [0, 0.1) is 0 Å². The molecular weight excluding hydrogens is 288 g/mol. The van der Waals surface area contributed by atoms with Crippen LogP contribution in [0.2, 0.25) is 0 Å². The number of carboxylic acids is 1. The van der Waals surface area contributed by atoms with Crippen LogP contribution in [-0.4, -0.2) is 63.0 Å². The number of aliphatic carboxylic acids is 1. The normalized spacial score (nSPS) is 22.3. The van der Waals surface area contributed by atoms with Crippen LogP contribution in [0.4, 0.5) is 0 Å². The number of nitrogens with one attached hydrogen (secondary N) is 1. The van der Waals surface area contributed by atoms with Crippen molar-refractivity contribution in [2.45, 2.75) is 18.4 Å². The molecule has 2 amide bonds. The van der Waals surface area contributed by atoms with Gasteiger partial charge in [-0.05, 0) is 24.3 Å². The summed E-state index contributed by atoms with van der Waals surface area (Å²) in [6.45, 7) is -0.0476. The zero-order valence-electron chi connectivity index (χ0n) is 10.4. The Balaban J connectivity index is 1.95. The highest BCUT2D eigenvalue weighted by atomic mass is 32.2. The van der Waals surface area contributed by atoms with E-state index in [1.165, 1.54) is 16.7 Å². The van der Waals surface area contributed by atoms with Crippen molar-refractivity contribution in [3.8, 4) is 0 Å². The number of amides is 2. The summed E-state index contributed by atoms with van der Waals surface area (Å²) in [7, 11) is 0. The molecular formula is C11H16N2O4S2. The summed E-state index contributed by atoms with van der Waals surface area (Å²) in [4.78, 5) is 36.2. The minimum Gasteiger partial charge on any atom is -0.480 e. The minimum absolute atomic E-state index is 0.0476. The summed E-state index contributed by atoms with van der Waals surface area (Å²) in [5, 5.41) is 12.0. The predicted molar refractivity (Wildman–Crippen MR) is 74.1 cm³/mol. The smallest absolute Gasteiger partial charge is 0.329 e. The third kappa shape index (κ3) is 3.36. The Bertz CT molecular complexity index is 396. The van der Waals surface area contributed by atoms with Crippen LogP contribution in [-0.2, 0) is 14.4 Å². The quantitative estimate of drug-likeness (QED) is 0.759. The molecule has 2 saturated heterocycles. The molecule has 8 heteroatoms. The fourth-order valence-electron chi connectivity index (χ4n) is 2.13. The Morgan fingerprint density at radius 2 is 2.00 bits per heavy atom. The van der Waals surface area contributed by atoms with Gasteiger partial charge >= 0.3 is 5.97 Å². The van der Waals surface area contributed by atoms with E-state index in [0.717, 1.165) is 11.5 Å². The van der Waals surface area contributed by atoms with Crippen LogP contribution in [0.1, 0.15) is 12.8 Å². The number of carbonyl (C=O) groups is 3. The lowest BCUT2D eigenvalue weighted by atomic mass is 9.92. The maximum absolute atomic E-state index is 11.9. The molecule has 0 atom stereocenters. The van der Waals surface area contributed by atoms with Gasteiger partial charge in [-0.3, -0.25) is 9.59 Å². The lowest BCUT2D eigenvalue weighted by Gasteiger charge is -2.34. The first-order chi connectivity index (χ1) is 9.03. The van der Waals surface area contributed by atoms with Crippen molar-refractivity contribution in [2.24, 2.45) is 0 Å². The highest BCUT2D eigenvalue weighted by Crippen LogP contribution is 2.27. The Labute approximate surface area is 119 Å². The summed E-state index contributed by atoms with van der Waals surface area (Å²) in [5.41, 5.74) is -1.15. The number of rotatable bonds is 4. The summed E-state index contributed by atoms with van der Waals surface area (Å²) in [6, 6.07) is 0. The molecule has 0 aromatic carbocycles. The third-order valence-corrected chi connectivity index (χ3v) is 5.23. The lowest BCUT2D eigenvalue weighted by Crippen LogP contribution is -2.58. The van der Waals surface area contributed by atoms with Crippen molar-refractivity contribution in [1.29, 1.82) is 0 Å². The van der Waals surface area contributed by atoms with Gasteiger partial charge in [0.2, 0.25) is 11.8 Å². The molecule has 106 valence electrons. The van der Waals surface area contributed by atoms with E-state index in [-0.39, 0.29) is 18.4 Å². The first kappa shape index (κ1) is 14.5. The molecule has 0 radical (unpaired) electrons. The number of carbonyl (C=O) groups excluding carboxylic acids is 2. The molecule has 0 aliphatic carbocycles. The first-order valence-electron chi connectivity index (χ1n) is 6.01. The maximum Gasteiger partial charge on any atom is 0.329 e. The molecule has 0 saturated carbocycles. The Hall–Kier alpha value is -0.890. The van der Waals surface area contributed by atoms with Crippen LogP contribution in [0.15, 0.2) is 0 Å². The topological polar surface area (TPSA) is 86.7 Å². The molecule has 2 N–H and O–H groups in total. The molecule has 0 unspecified atom stereocenters. The van der Waals surface area contributed by atoms with Crippen molar-refractivity contribution < 1.29 is 19.5 Å². The van der Waals surface area contributed by atoms with Gasteiger partial charge in [0.1, 0.15) is 12.1 Å². The van der Waals surface area contributed by atoms with E-state index in [0.29, 0.717) is 24.5 Å². The average Bonchev–Trinajstić information content (AvgIpc) is 2.76. The molecule has 0 aromatic heterocycles. The number of hydrogen-bond donors (Lipinski definition) is 2. The van der Waals surface area contributed by atoms with Crippen LogP contribution in [0.25, 0.3) is 0 Å². The average molecular weight is 304 g/mol. The van der Waals surface area contributed by atoms with Gasteiger partial charge < -0.3 is 15.3 Å². The van der Waals surface area contributed by atoms with Gasteiger partial charge in [-0.1, -0.05) is 0 Å². The Kier molecular flexibility index (Phi) is 4.62. The van der Waals surface area contributed by atoms with Gasteiger partial charge in [0.15, 0.2) is 0 Å². The molecule has 6 nitrogen and oxygen atoms in total. The van der Waals surface area contributed by atoms with Crippen LogP contribution < -0.4 is 5.32 Å². The van der Waals surface area contributed by atoms with Gasteiger partial charge in [-0.25, -0.2) is 4.79 Å². The minimum atomic E-state index is -1.15. The van der Waals surface area contributed by atoms with E-state index in [1.807, 2.05) is 0 Å². The Morgan fingerprint density at radius 1 is 1.32 bits per heavy atom. The van der Waals surface area contributed by atoms with E-state index in [2.05, 4.69) is 5.32 Å². The molecule has 2 aliphatic heterocycles. The Morgan fingerprint density at radius 3 is 2.53 bits per heavy atom. The van der Waals surface area contributed by atoms with Crippen LogP contribution in [0.3, 0.4) is 0 Å². The fourth-order valence-corrected chi connectivity index (χ4v) is 4.23. The number of carboxylic acid groups (broad SMARTS) is 1. The number of hydrogen-bond acceptors (Lipinski definition) is 5. The standard InChI is InChI=1S/C11H16N2O4S2/c14-8(5-13-7-19-6-9(13)15)12-11(10(16)17)1-3-18-4-2-11/h1-7H2,(H,12,14)(H,16,17). The summed E-state index contributed by atoms with van der Waals surface area (Å²) in [5.74, 6) is 0.920. The molecule has 2 fully saturated rings. The van der Waals surface area contributed by atoms with Gasteiger partial charge in [-0.15, -0.1) is 11.8 Å². The van der Waals surface area contributed by atoms with E-state index >= 15 is 0 Å². The summed E-state index contributed by atoms with van der Waals surface area (Å²) < 4.78 is 0. The lowest BCUT2D eigenvalue weighted by molar-refractivity contribution is -0.148. The zero-order chi connectivity index (χ0) is 13.9. The summed E-state index contributed by atoms with van der Waals surface area (Å²) in [6.07, 6.45) is 0.864. The molecule has 2 heterocycles. The SMILES string of the molecule is O=C(CN1CSCC1=O)NC1(C(=O)O)CCSCC1. The molecule has 19 heavy (non-hydrogen) atoms. The van der Waals surface area contributed by atoms with E-state index in [1.54, 1.807) is 11.8 Å². The second-order valence-electron chi connectivity index (χ2n) is 4.62. The van der Waals surface area contributed by atoms with Crippen molar-refractivity contribution in [3.05, 3.63) is 0 Å². The van der Waals surface area contributed by atoms with Crippen LogP contribution in [0.5, 0.6) is 0 Å². The summed E-state index contributed by atoms with van der Waals surface area (Å²) >= 11 is 3.15. The molecule has 2 rings (SSSR count). The van der Waals surface area contributed by atoms with E-state index in [9.17, 15) is 19.5 Å². The van der Waals surface area contributed by atoms with Crippen molar-refractivity contribution >= 4 is 41.3 Å². The van der Waals surface area contributed by atoms with Gasteiger partial charge in [-0.2, -0.15) is 11.8 Å². The maximum atomic E-state index is 11.9. The number of nitrogens with zero attached hydrogens (tertiary/aromatic N) is 1. The van der Waals surface area contributed by atoms with Gasteiger partial charge in [0.25, 0.3) is 0 Å². The van der Waals surface area contributed by atoms with E-state index in [4.69, 9.17) is 0 Å². The van der Waals surface area contributed by atoms with Crippen molar-refractivity contribution in [1.82, 2.24) is 10.2 Å². The molecule has 0 bridgehead atoms. The van der Waals surface area contributed by atoms with E-state index < -0.39 is 11.5 Å². The van der Waals surface area contributed by atoms with Gasteiger partial charge in [0, 0.05) is 0 Å². The van der Waals surface area contributed by atoms with Crippen molar-refractivity contribution in [3.63, 3.8) is 0 Å². The van der Waals surface area contributed by atoms with Crippen molar-refractivity contribution in [2.75, 3.05) is 29.7 Å². The second kappa shape index (κ2) is 6.04. The second-order valence-corrected chi connectivity index (χ2v) is 6.80. The molecule has 2 aliphatic rings. The predicted octanol–water partition coefficient (Wildman–Crippen LogP) is -0.0141. The first-order valence-corrected chi connectivity index (χ1v) is 8.32. The molecule has 0 spiro atoms. The van der Waals surface area contributed by atoms with Crippen LogP contribution >= 0.6 is 23.5 Å². The highest BCUT2D eigenvalue weighted by molar-refractivity contribution is 8.00.